The SMILES string of the molecule is C=CC(O)c1c(Cl)cccc1C(F)(F)F. The van der Waals surface area contributed by atoms with Gasteiger partial charge in [0.25, 0.3) is 0 Å². The molecule has 0 fully saturated rings. The molecule has 0 bridgehead atoms. The van der Waals surface area contributed by atoms with Crippen molar-refractivity contribution in [2.24, 2.45) is 0 Å². The van der Waals surface area contributed by atoms with Crippen LogP contribution in [0.1, 0.15) is 17.2 Å². The first-order valence-electron chi connectivity index (χ1n) is 4.04. The average molecular weight is 237 g/mol. The van der Waals surface area contributed by atoms with E-state index >= 15 is 0 Å². The van der Waals surface area contributed by atoms with Crippen LogP contribution >= 0.6 is 11.6 Å². The highest BCUT2D eigenvalue weighted by molar-refractivity contribution is 6.31. The lowest BCUT2D eigenvalue weighted by Gasteiger charge is -2.16. The van der Waals surface area contributed by atoms with E-state index in [1.54, 1.807) is 0 Å². The summed E-state index contributed by atoms with van der Waals surface area (Å²) in [4.78, 5) is 0. The molecule has 0 saturated heterocycles. The van der Waals surface area contributed by atoms with Crippen molar-refractivity contribution in [2.45, 2.75) is 12.3 Å². The number of halogens is 4. The predicted octanol–water partition coefficient (Wildman–Crippen LogP) is 3.58. The van der Waals surface area contributed by atoms with Crippen molar-refractivity contribution < 1.29 is 18.3 Å². The zero-order valence-corrected chi connectivity index (χ0v) is 8.31. The van der Waals surface area contributed by atoms with E-state index < -0.39 is 17.8 Å². The maximum Gasteiger partial charge on any atom is 0.416 e. The minimum atomic E-state index is -4.54. The molecule has 0 aliphatic carbocycles. The number of hydrogen-bond acceptors (Lipinski definition) is 1. The first-order chi connectivity index (χ1) is 6.88. The maximum absolute atomic E-state index is 12.5. The number of aliphatic hydroxyl groups excluding tert-OH is 1. The predicted molar refractivity (Wildman–Crippen MR) is 51.6 cm³/mol. The van der Waals surface area contributed by atoms with Gasteiger partial charge in [-0.05, 0) is 12.1 Å². The van der Waals surface area contributed by atoms with Crippen LogP contribution in [0.2, 0.25) is 5.02 Å². The van der Waals surface area contributed by atoms with Crippen LogP contribution in [0.4, 0.5) is 13.2 Å². The molecule has 5 heteroatoms. The third-order valence-corrected chi connectivity index (χ3v) is 2.21. The summed E-state index contributed by atoms with van der Waals surface area (Å²) in [5, 5.41) is 9.22. The molecule has 0 aliphatic heterocycles. The molecule has 0 saturated carbocycles. The molecule has 1 atom stereocenters. The third-order valence-electron chi connectivity index (χ3n) is 1.88. The summed E-state index contributed by atoms with van der Waals surface area (Å²) in [5.74, 6) is 0. The van der Waals surface area contributed by atoms with Gasteiger partial charge in [-0.1, -0.05) is 23.7 Å². The van der Waals surface area contributed by atoms with E-state index in [1.807, 2.05) is 0 Å². The van der Waals surface area contributed by atoms with Crippen LogP contribution in [0.3, 0.4) is 0 Å². The Kier molecular flexibility index (Phi) is 3.42. The van der Waals surface area contributed by atoms with E-state index in [9.17, 15) is 18.3 Å². The molecule has 0 spiro atoms. The summed E-state index contributed by atoms with van der Waals surface area (Å²) in [6.45, 7) is 3.23. The quantitative estimate of drug-likeness (QED) is 0.779. The first-order valence-corrected chi connectivity index (χ1v) is 4.42. The van der Waals surface area contributed by atoms with Crippen molar-refractivity contribution in [3.05, 3.63) is 47.0 Å². The third kappa shape index (κ3) is 2.52. The van der Waals surface area contributed by atoms with Gasteiger partial charge in [0.15, 0.2) is 0 Å². The molecule has 0 aromatic heterocycles. The van der Waals surface area contributed by atoms with Gasteiger partial charge in [-0.2, -0.15) is 13.2 Å². The first kappa shape index (κ1) is 12.1. The molecule has 0 radical (unpaired) electrons. The van der Waals surface area contributed by atoms with Gasteiger partial charge in [0.05, 0.1) is 11.7 Å². The molecule has 0 amide bonds. The van der Waals surface area contributed by atoms with Gasteiger partial charge in [0, 0.05) is 10.6 Å². The second kappa shape index (κ2) is 4.24. The number of hydrogen-bond donors (Lipinski definition) is 1. The molecule has 1 nitrogen and oxygen atoms in total. The minimum Gasteiger partial charge on any atom is -0.384 e. The van der Waals surface area contributed by atoms with Crippen molar-refractivity contribution in [3.8, 4) is 0 Å². The number of benzene rings is 1. The average Bonchev–Trinajstić information content (AvgIpc) is 2.15. The maximum atomic E-state index is 12.5. The van der Waals surface area contributed by atoms with Crippen LogP contribution < -0.4 is 0 Å². The van der Waals surface area contributed by atoms with Gasteiger partial charge in [0.2, 0.25) is 0 Å². The van der Waals surface area contributed by atoms with Crippen molar-refractivity contribution in [1.82, 2.24) is 0 Å². The topological polar surface area (TPSA) is 20.2 Å². The molecule has 1 rings (SSSR count). The zero-order valence-electron chi connectivity index (χ0n) is 7.55. The Hall–Kier alpha value is -1.00. The highest BCUT2D eigenvalue weighted by atomic mass is 35.5. The standard InChI is InChI=1S/C10H8ClF3O/c1-2-8(15)9-6(10(12,13)14)4-3-5-7(9)11/h2-5,8,15H,1H2. The van der Waals surface area contributed by atoms with Crippen LogP contribution in [0.5, 0.6) is 0 Å². The van der Waals surface area contributed by atoms with E-state index in [-0.39, 0.29) is 10.6 Å². The second-order valence-electron chi connectivity index (χ2n) is 2.88. The van der Waals surface area contributed by atoms with Crippen molar-refractivity contribution in [2.75, 3.05) is 0 Å². The fraction of sp³-hybridized carbons (Fsp3) is 0.200. The minimum absolute atomic E-state index is 0.128. The van der Waals surface area contributed by atoms with Crippen LogP contribution in [-0.2, 0) is 6.18 Å². The highest BCUT2D eigenvalue weighted by Crippen LogP contribution is 2.38. The Bertz CT molecular complexity index is 373. The Morgan fingerprint density at radius 3 is 2.47 bits per heavy atom. The molecule has 1 unspecified atom stereocenters. The van der Waals surface area contributed by atoms with Gasteiger partial charge < -0.3 is 5.11 Å². The van der Waals surface area contributed by atoms with Crippen LogP contribution in [0, 0.1) is 0 Å². The number of aliphatic hydroxyl groups is 1. The summed E-state index contributed by atoms with van der Waals surface area (Å²) in [6.07, 6.45) is -4.96. The van der Waals surface area contributed by atoms with E-state index in [4.69, 9.17) is 11.6 Å². The molecule has 0 heterocycles. The summed E-state index contributed by atoms with van der Waals surface area (Å²) in [6, 6.07) is 3.34. The lowest BCUT2D eigenvalue weighted by Crippen LogP contribution is -2.11. The molecule has 15 heavy (non-hydrogen) atoms. The molecular weight excluding hydrogens is 229 g/mol. The Morgan fingerprint density at radius 1 is 1.40 bits per heavy atom. The van der Waals surface area contributed by atoms with Crippen molar-refractivity contribution in [1.29, 1.82) is 0 Å². The lowest BCUT2D eigenvalue weighted by atomic mass is 10.0. The van der Waals surface area contributed by atoms with Gasteiger partial charge in [-0.15, -0.1) is 6.58 Å². The van der Waals surface area contributed by atoms with E-state index in [0.29, 0.717) is 0 Å². The van der Waals surface area contributed by atoms with E-state index in [2.05, 4.69) is 6.58 Å². The normalized spacial score (nSPS) is 13.7. The van der Waals surface area contributed by atoms with Crippen molar-refractivity contribution >= 4 is 11.6 Å². The smallest absolute Gasteiger partial charge is 0.384 e. The Morgan fingerprint density at radius 2 is 2.00 bits per heavy atom. The molecule has 0 aliphatic rings. The van der Waals surface area contributed by atoms with Gasteiger partial charge in [-0.25, -0.2) is 0 Å². The van der Waals surface area contributed by atoms with E-state index in [0.717, 1.165) is 12.1 Å². The second-order valence-corrected chi connectivity index (χ2v) is 3.29. The molecule has 1 aromatic rings. The highest BCUT2D eigenvalue weighted by Gasteiger charge is 2.35. The molecular formula is C10H8ClF3O. The molecule has 1 N–H and O–H groups in total. The molecule has 82 valence electrons. The van der Waals surface area contributed by atoms with Gasteiger partial charge >= 0.3 is 6.18 Å². The fourth-order valence-corrected chi connectivity index (χ4v) is 1.49. The Labute approximate surface area is 89.8 Å². The summed E-state index contributed by atoms with van der Waals surface area (Å²) >= 11 is 5.60. The number of rotatable bonds is 2. The van der Waals surface area contributed by atoms with Crippen LogP contribution in [0.15, 0.2) is 30.9 Å². The monoisotopic (exact) mass is 236 g/mol. The summed E-state index contributed by atoms with van der Waals surface area (Å²) in [5.41, 5.74) is -1.30. The Balaban J connectivity index is 3.39. The lowest BCUT2D eigenvalue weighted by molar-refractivity contribution is -0.138. The van der Waals surface area contributed by atoms with Crippen molar-refractivity contribution in [3.63, 3.8) is 0 Å². The largest absolute Gasteiger partial charge is 0.416 e. The molecule has 1 aromatic carbocycles. The number of alkyl halides is 3. The van der Waals surface area contributed by atoms with E-state index in [1.165, 1.54) is 12.1 Å². The van der Waals surface area contributed by atoms with Crippen LogP contribution in [0.25, 0.3) is 0 Å². The fourth-order valence-electron chi connectivity index (χ4n) is 1.20. The van der Waals surface area contributed by atoms with Crippen LogP contribution in [-0.4, -0.2) is 5.11 Å². The summed E-state index contributed by atoms with van der Waals surface area (Å²) in [7, 11) is 0. The van der Waals surface area contributed by atoms with Gasteiger partial charge in [-0.3, -0.25) is 0 Å². The van der Waals surface area contributed by atoms with Gasteiger partial charge in [0.1, 0.15) is 0 Å². The zero-order chi connectivity index (χ0) is 11.6. The summed E-state index contributed by atoms with van der Waals surface area (Å²) < 4.78 is 37.6.